The molecule has 122 valence electrons. The van der Waals surface area contributed by atoms with Crippen LogP contribution in [0.3, 0.4) is 0 Å². The number of thiazole rings is 1. The van der Waals surface area contributed by atoms with Gasteiger partial charge in [-0.05, 0) is 42.8 Å². The molecule has 1 aliphatic rings. The lowest BCUT2D eigenvalue weighted by atomic mass is 10.2. The summed E-state index contributed by atoms with van der Waals surface area (Å²) in [7, 11) is 0. The first kappa shape index (κ1) is 15.5. The fraction of sp³-hybridized carbons (Fsp3) is 0.263. The molecule has 0 aliphatic carbocycles. The van der Waals surface area contributed by atoms with Gasteiger partial charge in [0.25, 0.3) is 0 Å². The highest BCUT2D eigenvalue weighted by molar-refractivity contribution is 7.80. The standard InChI is InChI=1S/C19H19N3S2/c23-19(20-13-14-7-2-1-3-8-14)22-12-6-10-16(22)18-21-15-9-4-5-11-17(15)24-18/h1-5,7-9,11,16H,6,10,12-13H2,(H,20,23)/t16-/m1/s1. The van der Waals surface area contributed by atoms with E-state index in [0.29, 0.717) is 6.04 Å². The Morgan fingerprint density at radius 1 is 1.17 bits per heavy atom. The molecule has 1 aliphatic heterocycles. The zero-order chi connectivity index (χ0) is 16.4. The predicted molar refractivity (Wildman–Crippen MR) is 104 cm³/mol. The maximum atomic E-state index is 5.66. The maximum Gasteiger partial charge on any atom is 0.169 e. The van der Waals surface area contributed by atoms with Crippen LogP contribution in [0.5, 0.6) is 0 Å². The summed E-state index contributed by atoms with van der Waals surface area (Å²) in [4.78, 5) is 7.14. The van der Waals surface area contributed by atoms with Crippen molar-refractivity contribution in [1.29, 1.82) is 0 Å². The molecule has 0 spiro atoms. The van der Waals surface area contributed by atoms with Crippen molar-refractivity contribution in [2.75, 3.05) is 6.54 Å². The van der Waals surface area contributed by atoms with Gasteiger partial charge in [0.15, 0.2) is 5.11 Å². The Hall–Kier alpha value is -1.98. The monoisotopic (exact) mass is 353 g/mol. The van der Waals surface area contributed by atoms with Gasteiger partial charge in [-0.15, -0.1) is 11.3 Å². The van der Waals surface area contributed by atoms with Crippen LogP contribution in [0.15, 0.2) is 54.6 Å². The largest absolute Gasteiger partial charge is 0.358 e. The smallest absolute Gasteiger partial charge is 0.169 e. The van der Waals surface area contributed by atoms with Crippen LogP contribution < -0.4 is 5.32 Å². The summed E-state index contributed by atoms with van der Waals surface area (Å²) in [6, 6.07) is 19.0. The van der Waals surface area contributed by atoms with E-state index in [1.54, 1.807) is 11.3 Å². The number of aromatic nitrogens is 1. The number of benzene rings is 2. The molecule has 0 saturated carbocycles. The molecular weight excluding hydrogens is 334 g/mol. The van der Waals surface area contributed by atoms with E-state index < -0.39 is 0 Å². The lowest BCUT2D eigenvalue weighted by molar-refractivity contribution is 0.392. The van der Waals surface area contributed by atoms with Gasteiger partial charge in [0.1, 0.15) is 5.01 Å². The Labute approximate surface area is 151 Å². The summed E-state index contributed by atoms with van der Waals surface area (Å²) in [6.07, 6.45) is 2.28. The van der Waals surface area contributed by atoms with Gasteiger partial charge >= 0.3 is 0 Å². The van der Waals surface area contributed by atoms with Crippen LogP contribution in [0.4, 0.5) is 0 Å². The Bertz CT molecular complexity index is 811. The normalized spacial score (nSPS) is 17.3. The molecule has 0 unspecified atom stereocenters. The molecular formula is C19H19N3S2. The number of nitrogens with one attached hydrogen (secondary N) is 1. The van der Waals surface area contributed by atoms with Crippen LogP contribution in [0.1, 0.15) is 29.5 Å². The van der Waals surface area contributed by atoms with Gasteiger partial charge in [0.05, 0.1) is 16.3 Å². The minimum absolute atomic E-state index is 0.304. The van der Waals surface area contributed by atoms with Crippen molar-refractivity contribution >= 4 is 38.9 Å². The molecule has 24 heavy (non-hydrogen) atoms. The van der Waals surface area contributed by atoms with Gasteiger partial charge < -0.3 is 10.2 Å². The van der Waals surface area contributed by atoms with E-state index in [4.69, 9.17) is 17.2 Å². The number of hydrogen-bond acceptors (Lipinski definition) is 3. The molecule has 3 aromatic rings. The molecule has 0 bridgehead atoms. The summed E-state index contributed by atoms with van der Waals surface area (Å²) in [5.41, 5.74) is 2.34. The third-order valence-electron chi connectivity index (χ3n) is 4.40. The zero-order valence-corrected chi connectivity index (χ0v) is 14.9. The van der Waals surface area contributed by atoms with E-state index in [1.807, 2.05) is 12.1 Å². The lowest BCUT2D eigenvalue weighted by Gasteiger charge is -2.26. The van der Waals surface area contributed by atoms with Gasteiger partial charge in [-0.1, -0.05) is 42.5 Å². The Morgan fingerprint density at radius 3 is 2.79 bits per heavy atom. The van der Waals surface area contributed by atoms with E-state index in [9.17, 15) is 0 Å². The van der Waals surface area contributed by atoms with E-state index in [-0.39, 0.29) is 0 Å². The number of likely N-dealkylation sites (tertiary alicyclic amines) is 1. The third-order valence-corrected chi connectivity index (χ3v) is 5.91. The Balaban J connectivity index is 1.48. The first-order valence-corrected chi connectivity index (χ1v) is 9.47. The van der Waals surface area contributed by atoms with Crippen molar-refractivity contribution in [3.8, 4) is 0 Å². The van der Waals surface area contributed by atoms with Gasteiger partial charge in [-0.2, -0.15) is 0 Å². The highest BCUT2D eigenvalue weighted by Gasteiger charge is 2.30. The van der Waals surface area contributed by atoms with Crippen LogP contribution in [-0.4, -0.2) is 21.5 Å². The minimum Gasteiger partial charge on any atom is -0.358 e. The van der Waals surface area contributed by atoms with Crippen molar-refractivity contribution < 1.29 is 0 Å². The average Bonchev–Trinajstić information content (AvgIpc) is 3.26. The van der Waals surface area contributed by atoms with E-state index in [2.05, 4.69) is 52.7 Å². The van der Waals surface area contributed by atoms with Crippen LogP contribution in [0.2, 0.25) is 0 Å². The van der Waals surface area contributed by atoms with E-state index in [1.165, 1.54) is 15.3 Å². The molecule has 1 fully saturated rings. The van der Waals surface area contributed by atoms with Crippen molar-refractivity contribution in [2.24, 2.45) is 0 Å². The summed E-state index contributed by atoms with van der Waals surface area (Å²) in [5, 5.41) is 5.42. The quantitative estimate of drug-likeness (QED) is 0.701. The molecule has 5 heteroatoms. The average molecular weight is 354 g/mol. The predicted octanol–water partition coefficient (Wildman–Crippen LogP) is 4.51. The Kier molecular flexibility index (Phi) is 4.45. The summed E-state index contributed by atoms with van der Waals surface area (Å²) < 4.78 is 1.25. The highest BCUT2D eigenvalue weighted by atomic mass is 32.1. The SMILES string of the molecule is S=C(NCc1ccccc1)N1CCC[C@@H]1c1nc2ccccc2s1. The molecule has 4 rings (SSSR count). The summed E-state index contributed by atoms with van der Waals surface area (Å²) in [6.45, 7) is 1.77. The van der Waals surface area contributed by atoms with Crippen molar-refractivity contribution in [3.05, 3.63) is 65.2 Å². The lowest BCUT2D eigenvalue weighted by Crippen LogP contribution is -2.38. The molecule has 1 aromatic heterocycles. The first-order valence-electron chi connectivity index (χ1n) is 8.25. The van der Waals surface area contributed by atoms with Crippen LogP contribution in [0, 0.1) is 0 Å². The number of fused-ring (bicyclic) bond motifs is 1. The topological polar surface area (TPSA) is 28.2 Å². The summed E-state index contributed by atoms with van der Waals surface area (Å²) >= 11 is 7.45. The van der Waals surface area contributed by atoms with Gasteiger partial charge in [-0.3, -0.25) is 0 Å². The van der Waals surface area contributed by atoms with Crippen LogP contribution in [-0.2, 0) is 6.54 Å². The second kappa shape index (κ2) is 6.87. The zero-order valence-electron chi connectivity index (χ0n) is 13.3. The van der Waals surface area contributed by atoms with Crippen LogP contribution in [0.25, 0.3) is 10.2 Å². The Morgan fingerprint density at radius 2 is 1.96 bits per heavy atom. The van der Waals surface area contributed by atoms with Crippen molar-refractivity contribution in [2.45, 2.75) is 25.4 Å². The molecule has 3 nitrogen and oxygen atoms in total. The number of thiocarbonyl (C=S) groups is 1. The molecule has 2 heterocycles. The van der Waals surface area contributed by atoms with Crippen molar-refractivity contribution in [1.82, 2.24) is 15.2 Å². The minimum atomic E-state index is 0.304. The molecule has 1 atom stereocenters. The molecule has 1 N–H and O–H groups in total. The van der Waals surface area contributed by atoms with Gasteiger partial charge in [-0.25, -0.2) is 4.98 Å². The first-order chi connectivity index (χ1) is 11.8. The third kappa shape index (κ3) is 3.14. The van der Waals surface area contributed by atoms with Crippen molar-refractivity contribution in [3.63, 3.8) is 0 Å². The number of hydrogen-bond donors (Lipinski definition) is 1. The fourth-order valence-corrected chi connectivity index (χ4v) is 4.58. The van der Waals surface area contributed by atoms with E-state index >= 15 is 0 Å². The molecule has 0 amide bonds. The van der Waals surface area contributed by atoms with Crippen LogP contribution >= 0.6 is 23.6 Å². The molecule has 0 radical (unpaired) electrons. The van der Waals surface area contributed by atoms with Gasteiger partial charge in [0.2, 0.25) is 0 Å². The molecule has 1 saturated heterocycles. The van der Waals surface area contributed by atoms with Gasteiger partial charge in [0, 0.05) is 13.1 Å². The maximum absolute atomic E-state index is 5.66. The van der Waals surface area contributed by atoms with E-state index in [0.717, 1.165) is 36.6 Å². The number of rotatable bonds is 3. The number of para-hydroxylation sites is 1. The second-order valence-corrected chi connectivity index (χ2v) is 7.46. The fourth-order valence-electron chi connectivity index (χ4n) is 3.17. The number of nitrogens with zero attached hydrogens (tertiary/aromatic N) is 2. The highest BCUT2D eigenvalue weighted by Crippen LogP contribution is 2.36. The summed E-state index contributed by atoms with van der Waals surface area (Å²) in [5.74, 6) is 0. The molecule has 2 aromatic carbocycles. The second-order valence-electron chi connectivity index (χ2n) is 6.02.